The fourth-order valence-corrected chi connectivity index (χ4v) is 2.14. The van der Waals surface area contributed by atoms with Gasteiger partial charge in [0.25, 0.3) is 0 Å². The number of hydrogen-bond donors (Lipinski definition) is 10. The molecule has 0 aliphatic carbocycles. The lowest BCUT2D eigenvalue weighted by atomic mass is 10.1. The van der Waals surface area contributed by atoms with Crippen LogP contribution in [0.1, 0.15) is 66.2 Å². The number of nitrogens with two attached hydrogens (primary N) is 6. The molecule has 0 aromatic carbocycles. The van der Waals surface area contributed by atoms with Crippen molar-refractivity contribution >= 4 is 23.9 Å². The molecule has 0 radical (unpaired) electrons. The third-order valence-electron chi connectivity index (χ3n) is 4.16. The van der Waals surface area contributed by atoms with E-state index in [9.17, 15) is 19.2 Å². The molecule has 4 atom stereocenters. The van der Waals surface area contributed by atoms with Crippen molar-refractivity contribution in [3.8, 4) is 0 Å². The molecule has 0 fully saturated rings. The Morgan fingerprint density at radius 2 is 0.750 bits per heavy atom. The average molecular weight is 527 g/mol. The molecule has 0 aromatic heterocycles. The van der Waals surface area contributed by atoms with Gasteiger partial charge in [-0.2, -0.15) is 0 Å². The van der Waals surface area contributed by atoms with Crippen LogP contribution in [-0.2, 0) is 19.2 Å². The number of rotatable bonds is 14. The van der Waals surface area contributed by atoms with Crippen molar-refractivity contribution in [2.24, 2.45) is 46.2 Å². The highest BCUT2D eigenvalue weighted by molar-refractivity contribution is 5.74. The van der Waals surface area contributed by atoms with E-state index in [1.807, 2.05) is 27.7 Å². The normalized spacial score (nSPS) is 13.4. The lowest BCUT2D eigenvalue weighted by molar-refractivity contribution is -0.139. The Hall–Kier alpha value is -2.36. The predicted octanol–water partition coefficient (Wildman–Crippen LogP) is -0.837. The molecule has 0 aromatic rings. The lowest BCUT2D eigenvalue weighted by Gasteiger charge is -2.07. The third-order valence-corrected chi connectivity index (χ3v) is 4.16. The van der Waals surface area contributed by atoms with Crippen molar-refractivity contribution in [1.82, 2.24) is 0 Å². The first kappa shape index (κ1) is 40.8. The highest BCUT2D eigenvalue weighted by atomic mass is 16.4. The number of carboxylic acid groups (broad SMARTS) is 4. The molecule has 0 saturated carbocycles. The average Bonchev–Trinajstić information content (AvgIpc) is 2.75. The molecule has 36 heavy (non-hydrogen) atoms. The first-order valence-electron chi connectivity index (χ1n) is 11.8. The van der Waals surface area contributed by atoms with Gasteiger partial charge in [0.15, 0.2) is 0 Å². The quantitative estimate of drug-likeness (QED) is 0.132. The van der Waals surface area contributed by atoms with Crippen molar-refractivity contribution < 1.29 is 39.6 Å². The minimum absolute atomic E-state index is 0.357. The molecule has 0 heterocycles. The van der Waals surface area contributed by atoms with E-state index in [4.69, 9.17) is 54.8 Å². The maximum Gasteiger partial charge on any atom is 0.320 e. The van der Waals surface area contributed by atoms with E-state index in [0.717, 1.165) is 0 Å². The minimum atomic E-state index is -0.955. The van der Waals surface area contributed by atoms with E-state index >= 15 is 0 Å². The molecule has 14 heteroatoms. The number of aliphatic carboxylic acids is 4. The third kappa shape index (κ3) is 33.8. The monoisotopic (exact) mass is 526 g/mol. The Balaban J connectivity index is -0.000000190. The van der Waals surface area contributed by atoms with Gasteiger partial charge in [-0.3, -0.25) is 19.2 Å². The van der Waals surface area contributed by atoms with Gasteiger partial charge in [0, 0.05) is 0 Å². The molecular formula is C22H50N6O8. The van der Waals surface area contributed by atoms with Crippen LogP contribution in [0.15, 0.2) is 0 Å². The topological polar surface area (TPSA) is 305 Å². The zero-order valence-electron chi connectivity index (χ0n) is 22.0. The Kier molecular flexibility index (Phi) is 29.2. The molecular weight excluding hydrogens is 476 g/mol. The van der Waals surface area contributed by atoms with Gasteiger partial charge in [-0.25, -0.2) is 0 Å². The summed E-state index contributed by atoms with van der Waals surface area (Å²) in [6.45, 7) is 8.79. The zero-order chi connectivity index (χ0) is 29.4. The van der Waals surface area contributed by atoms with Crippen LogP contribution in [0.3, 0.4) is 0 Å². The van der Waals surface area contributed by atoms with Crippen LogP contribution in [0, 0.1) is 11.8 Å². The summed E-state index contributed by atoms with van der Waals surface area (Å²) < 4.78 is 0. The van der Waals surface area contributed by atoms with Gasteiger partial charge in [0.05, 0.1) is 0 Å². The predicted molar refractivity (Wildman–Crippen MR) is 138 cm³/mol. The maximum absolute atomic E-state index is 10.1. The molecule has 0 aliphatic heterocycles. The highest BCUT2D eigenvalue weighted by Gasteiger charge is 2.13. The molecule has 216 valence electrons. The smallest absolute Gasteiger partial charge is 0.320 e. The Bertz CT molecular complexity index is 543. The molecule has 14 nitrogen and oxygen atoms in total. The van der Waals surface area contributed by atoms with E-state index in [1.54, 1.807) is 0 Å². The van der Waals surface area contributed by atoms with E-state index in [0.29, 0.717) is 63.5 Å². The van der Waals surface area contributed by atoms with E-state index < -0.39 is 48.0 Å². The second kappa shape index (κ2) is 25.7. The van der Waals surface area contributed by atoms with Gasteiger partial charge in [0.1, 0.15) is 24.2 Å². The van der Waals surface area contributed by atoms with E-state index in [-0.39, 0.29) is 0 Å². The van der Waals surface area contributed by atoms with Gasteiger partial charge >= 0.3 is 23.9 Å². The molecule has 0 rings (SSSR count). The standard InChI is InChI=1S/2C6H13NO2.2C5H12N2O2/c2*1-4(2)3-5(7)6(8)9;2*6-3-1-2-4(7)5(8)9/h2*4-5H,3,7H2,1-2H3,(H,8,9);2*4H,1-3,6-7H2,(H,8,9). The molecule has 0 amide bonds. The molecule has 16 N–H and O–H groups in total. The first-order valence-corrected chi connectivity index (χ1v) is 11.8. The SMILES string of the molecule is CC(C)CC(N)C(=O)O.CC(C)CC(N)C(=O)O.NCCCC(N)C(=O)O.NCCCC(N)C(=O)O. The van der Waals surface area contributed by atoms with Crippen LogP contribution in [0.2, 0.25) is 0 Å². The van der Waals surface area contributed by atoms with Crippen molar-refractivity contribution in [3.63, 3.8) is 0 Å². The fourth-order valence-electron chi connectivity index (χ4n) is 2.14. The lowest BCUT2D eigenvalue weighted by Crippen LogP contribution is -2.31. The summed E-state index contributed by atoms with van der Waals surface area (Å²) in [7, 11) is 0. The van der Waals surface area contributed by atoms with Crippen molar-refractivity contribution in [2.75, 3.05) is 13.1 Å². The van der Waals surface area contributed by atoms with Gasteiger partial charge in [-0.1, -0.05) is 27.7 Å². The highest BCUT2D eigenvalue weighted by Crippen LogP contribution is 2.02. The van der Waals surface area contributed by atoms with Gasteiger partial charge in [0.2, 0.25) is 0 Å². The molecule has 0 saturated heterocycles. The first-order chi connectivity index (χ1) is 16.4. The molecule has 0 spiro atoms. The zero-order valence-corrected chi connectivity index (χ0v) is 22.0. The largest absolute Gasteiger partial charge is 0.480 e. The number of carbonyl (C=O) groups is 4. The summed E-state index contributed by atoms with van der Waals surface area (Å²) in [6, 6.07) is -2.86. The summed E-state index contributed by atoms with van der Waals surface area (Å²) in [6.07, 6.45) is 3.38. The Labute approximate surface area is 213 Å². The second-order valence-electron chi connectivity index (χ2n) is 8.90. The fraction of sp³-hybridized carbons (Fsp3) is 0.818. The molecule has 0 bridgehead atoms. The summed E-state index contributed by atoms with van der Waals surface area (Å²) in [5.41, 5.74) is 31.0. The van der Waals surface area contributed by atoms with Crippen LogP contribution in [0.25, 0.3) is 0 Å². The van der Waals surface area contributed by atoms with Crippen LogP contribution in [0.5, 0.6) is 0 Å². The van der Waals surface area contributed by atoms with Gasteiger partial charge in [-0.15, -0.1) is 0 Å². The van der Waals surface area contributed by atoms with Gasteiger partial charge < -0.3 is 54.8 Å². The maximum atomic E-state index is 10.1. The summed E-state index contributed by atoms with van der Waals surface area (Å²) >= 11 is 0. The van der Waals surface area contributed by atoms with Gasteiger partial charge in [-0.05, 0) is 63.5 Å². The van der Waals surface area contributed by atoms with Crippen LogP contribution >= 0.6 is 0 Å². The van der Waals surface area contributed by atoms with Crippen LogP contribution < -0.4 is 34.4 Å². The number of hydrogen-bond acceptors (Lipinski definition) is 10. The molecule has 0 aliphatic rings. The summed E-state index contributed by atoms with van der Waals surface area (Å²) in [5, 5.41) is 33.1. The Morgan fingerprint density at radius 1 is 0.528 bits per heavy atom. The van der Waals surface area contributed by atoms with E-state index in [1.165, 1.54) is 0 Å². The van der Waals surface area contributed by atoms with Crippen molar-refractivity contribution in [2.45, 2.75) is 90.4 Å². The van der Waals surface area contributed by atoms with Crippen LogP contribution in [0.4, 0.5) is 0 Å². The summed E-state index contributed by atoms with van der Waals surface area (Å²) in [5.74, 6) is -3.02. The summed E-state index contributed by atoms with van der Waals surface area (Å²) in [4.78, 5) is 40.3. The Morgan fingerprint density at radius 3 is 0.861 bits per heavy atom. The second-order valence-corrected chi connectivity index (χ2v) is 8.90. The molecule has 4 unspecified atom stereocenters. The number of carboxylic acids is 4. The van der Waals surface area contributed by atoms with Crippen molar-refractivity contribution in [1.29, 1.82) is 0 Å². The van der Waals surface area contributed by atoms with E-state index in [2.05, 4.69) is 0 Å². The minimum Gasteiger partial charge on any atom is -0.480 e. The van der Waals surface area contributed by atoms with Crippen LogP contribution in [-0.4, -0.2) is 81.6 Å². The van der Waals surface area contributed by atoms with Crippen molar-refractivity contribution in [3.05, 3.63) is 0 Å².